The van der Waals surface area contributed by atoms with E-state index < -0.39 is 0 Å². The van der Waals surface area contributed by atoms with E-state index in [1.807, 2.05) is 24.5 Å². The van der Waals surface area contributed by atoms with E-state index in [0.29, 0.717) is 6.61 Å². The molecule has 0 bridgehead atoms. The van der Waals surface area contributed by atoms with Gasteiger partial charge >= 0.3 is 0 Å². The molecule has 0 aliphatic rings. The molecule has 1 aromatic heterocycles. The molecule has 1 heterocycles. The summed E-state index contributed by atoms with van der Waals surface area (Å²) in [5.41, 5.74) is 7.41. The summed E-state index contributed by atoms with van der Waals surface area (Å²) >= 11 is 1.61. The zero-order valence-electron chi connectivity index (χ0n) is 17.8. The van der Waals surface area contributed by atoms with E-state index in [2.05, 4.69) is 77.7 Å². The molecule has 154 valence electrons. The van der Waals surface area contributed by atoms with Gasteiger partial charge in [0, 0.05) is 29.4 Å². The first kappa shape index (κ1) is 20.4. The largest absolute Gasteiger partial charge is 0.489 e. The molecular formula is C26H28N2OS. The number of aromatic nitrogens is 1. The minimum Gasteiger partial charge on any atom is -0.489 e. The number of anilines is 1. The van der Waals surface area contributed by atoms with Crippen molar-refractivity contribution in [1.29, 1.82) is 0 Å². The molecule has 0 aliphatic carbocycles. The van der Waals surface area contributed by atoms with Crippen LogP contribution in [0.5, 0.6) is 5.75 Å². The smallest absolute Gasteiger partial charge is 0.120 e. The predicted molar refractivity (Wildman–Crippen MR) is 130 cm³/mol. The van der Waals surface area contributed by atoms with Crippen LogP contribution in [0.25, 0.3) is 22.2 Å². The molecule has 0 spiro atoms. The molecule has 30 heavy (non-hydrogen) atoms. The van der Waals surface area contributed by atoms with Crippen molar-refractivity contribution in [3.05, 3.63) is 83.9 Å². The maximum Gasteiger partial charge on any atom is 0.120 e. The Kier molecular flexibility index (Phi) is 6.34. The molecule has 0 fully saturated rings. The molecule has 4 heteroatoms. The predicted octanol–water partition coefficient (Wildman–Crippen LogP) is 7.30. The Labute approximate surface area is 183 Å². The van der Waals surface area contributed by atoms with Gasteiger partial charge in [-0.2, -0.15) is 0 Å². The van der Waals surface area contributed by atoms with Gasteiger partial charge in [0.2, 0.25) is 0 Å². The highest BCUT2D eigenvalue weighted by molar-refractivity contribution is 7.99. The zero-order valence-corrected chi connectivity index (χ0v) is 18.6. The van der Waals surface area contributed by atoms with Gasteiger partial charge in [-0.25, -0.2) is 0 Å². The molecule has 0 saturated carbocycles. The molecule has 3 nitrogen and oxygen atoms in total. The van der Waals surface area contributed by atoms with E-state index in [9.17, 15) is 0 Å². The monoisotopic (exact) mass is 416 g/mol. The van der Waals surface area contributed by atoms with Crippen LogP contribution in [0.1, 0.15) is 24.5 Å². The molecule has 0 radical (unpaired) electrons. The van der Waals surface area contributed by atoms with Gasteiger partial charge in [0.25, 0.3) is 0 Å². The van der Waals surface area contributed by atoms with Crippen LogP contribution in [0.2, 0.25) is 0 Å². The van der Waals surface area contributed by atoms with Crippen molar-refractivity contribution in [1.82, 2.24) is 4.57 Å². The lowest BCUT2D eigenvalue weighted by molar-refractivity contribution is 0.306. The van der Waals surface area contributed by atoms with Crippen LogP contribution in [0.15, 0.2) is 72.8 Å². The summed E-state index contributed by atoms with van der Waals surface area (Å²) in [6.07, 6.45) is 3.13. The Balaban J connectivity index is 1.71. The Bertz CT molecular complexity index is 1120. The SMILES string of the molecule is CCCn1c(-c2ccc(NSC)cc2)c(C)c2cc(OCc3ccccc3)ccc21. The number of ether oxygens (including phenoxy) is 1. The second-order valence-corrected chi connectivity index (χ2v) is 8.07. The van der Waals surface area contributed by atoms with E-state index in [-0.39, 0.29) is 0 Å². The van der Waals surface area contributed by atoms with Crippen molar-refractivity contribution in [3.8, 4) is 17.0 Å². The van der Waals surface area contributed by atoms with E-state index >= 15 is 0 Å². The number of hydrogen-bond acceptors (Lipinski definition) is 3. The number of benzene rings is 3. The second-order valence-electron chi connectivity index (χ2n) is 7.46. The minimum absolute atomic E-state index is 0.581. The highest BCUT2D eigenvalue weighted by Crippen LogP contribution is 2.36. The first-order valence-electron chi connectivity index (χ1n) is 10.4. The molecule has 0 atom stereocenters. The molecule has 3 aromatic carbocycles. The summed E-state index contributed by atoms with van der Waals surface area (Å²) in [5.74, 6) is 0.911. The summed E-state index contributed by atoms with van der Waals surface area (Å²) in [5, 5.41) is 1.26. The standard InChI is InChI=1S/C26H28N2OS/c1-4-16-28-25-15-14-23(29-18-20-8-6-5-7-9-20)17-24(25)19(2)26(28)21-10-12-22(13-11-21)27-30-3/h5-15,17,27H,4,16,18H2,1-3H3. The van der Waals surface area contributed by atoms with Crippen molar-refractivity contribution < 1.29 is 4.74 Å². The van der Waals surface area contributed by atoms with Crippen molar-refractivity contribution in [3.63, 3.8) is 0 Å². The lowest BCUT2D eigenvalue weighted by Gasteiger charge is -2.12. The quantitative estimate of drug-likeness (QED) is 0.305. The molecule has 1 N–H and O–H groups in total. The van der Waals surface area contributed by atoms with Crippen LogP contribution < -0.4 is 9.46 Å². The fourth-order valence-corrected chi connectivity index (χ4v) is 4.35. The fraction of sp³-hybridized carbons (Fsp3) is 0.231. The molecule has 0 saturated heterocycles. The Morgan fingerprint density at radius 1 is 0.967 bits per heavy atom. The number of rotatable bonds is 8. The zero-order chi connectivity index (χ0) is 20.9. The summed E-state index contributed by atoms with van der Waals surface area (Å²) in [6, 6.07) is 25.5. The maximum absolute atomic E-state index is 6.09. The first-order valence-corrected chi connectivity index (χ1v) is 11.6. The van der Waals surface area contributed by atoms with Crippen LogP contribution in [0.4, 0.5) is 5.69 Å². The van der Waals surface area contributed by atoms with Gasteiger partial charge in [0.15, 0.2) is 0 Å². The van der Waals surface area contributed by atoms with Crippen molar-refractivity contribution in [2.75, 3.05) is 11.0 Å². The molecule has 0 aliphatic heterocycles. The van der Waals surface area contributed by atoms with E-state index in [1.54, 1.807) is 11.9 Å². The Morgan fingerprint density at radius 3 is 2.43 bits per heavy atom. The molecule has 4 aromatic rings. The average Bonchev–Trinajstić information content (AvgIpc) is 3.05. The number of hydrogen-bond donors (Lipinski definition) is 1. The topological polar surface area (TPSA) is 26.2 Å². The third-order valence-corrected chi connectivity index (χ3v) is 5.80. The number of aryl methyl sites for hydroxylation is 2. The van der Waals surface area contributed by atoms with Crippen molar-refractivity contribution in [2.45, 2.75) is 33.4 Å². The summed E-state index contributed by atoms with van der Waals surface area (Å²) in [6.45, 7) is 6.03. The van der Waals surface area contributed by atoms with E-state index in [1.165, 1.54) is 33.3 Å². The van der Waals surface area contributed by atoms with Crippen LogP contribution in [-0.4, -0.2) is 10.8 Å². The number of nitrogens with one attached hydrogen (secondary N) is 1. The molecule has 0 amide bonds. The summed E-state index contributed by atoms with van der Waals surface area (Å²) in [7, 11) is 0. The van der Waals surface area contributed by atoms with Crippen LogP contribution in [-0.2, 0) is 13.2 Å². The van der Waals surface area contributed by atoms with Crippen molar-refractivity contribution in [2.24, 2.45) is 0 Å². The van der Waals surface area contributed by atoms with Gasteiger partial charge in [-0.1, -0.05) is 61.3 Å². The van der Waals surface area contributed by atoms with Crippen molar-refractivity contribution >= 4 is 28.5 Å². The fourth-order valence-electron chi connectivity index (χ4n) is 3.97. The Morgan fingerprint density at radius 2 is 1.73 bits per heavy atom. The average molecular weight is 417 g/mol. The Hall–Kier alpha value is -2.85. The van der Waals surface area contributed by atoms with Gasteiger partial charge in [-0.3, -0.25) is 0 Å². The highest BCUT2D eigenvalue weighted by atomic mass is 32.2. The molecule has 4 rings (SSSR count). The van der Waals surface area contributed by atoms with Gasteiger partial charge in [-0.15, -0.1) is 0 Å². The third kappa shape index (κ3) is 4.19. The van der Waals surface area contributed by atoms with Gasteiger partial charge in [0.1, 0.15) is 12.4 Å². The van der Waals surface area contributed by atoms with Gasteiger partial charge in [0.05, 0.1) is 5.69 Å². The summed E-state index contributed by atoms with van der Waals surface area (Å²) in [4.78, 5) is 0. The normalized spacial score (nSPS) is 11.0. The van der Waals surface area contributed by atoms with Gasteiger partial charge < -0.3 is 14.0 Å². The minimum atomic E-state index is 0.581. The highest BCUT2D eigenvalue weighted by Gasteiger charge is 2.16. The van der Waals surface area contributed by atoms with Gasteiger partial charge in [-0.05, 0) is 60.4 Å². The molecule has 0 unspecified atom stereocenters. The number of nitrogens with zero attached hydrogens (tertiary/aromatic N) is 1. The third-order valence-electron chi connectivity index (χ3n) is 5.36. The van der Waals surface area contributed by atoms with E-state index in [4.69, 9.17) is 4.74 Å². The molecular weight excluding hydrogens is 388 g/mol. The van der Waals surface area contributed by atoms with Crippen LogP contribution in [0, 0.1) is 6.92 Å². The van der Waals surface area contributed by atoms with Crippen LogP contribution in [0.3, 0.4) is 0 Å². The van der Waals surface area contributed by atoms with Crippen LogP contribution >= 0.6 is 11.9 Å². The number of fused-ring (bicyclic) bond motifs is 1. The summed E-state index contributed by atoms with van der Waals surface area (Å²) < 4.78 is 11.8. The first-order chi connectivity index (χ1) is 14.7. The maximum atomic E-state index is 6.09. The van der Waals surface area contributed by atoms with E-state index in [0.717, 1.165) is 24.4 Å². The lowest BCUT2D eigenvalue weighted by atomic mass is 10.1. The second kappa shape index (κ2) is 9.31. The lowest BCUT2D eigenvalue weighted by Crippen LogP contribution is -2.00.